The smallest absolute Gasteiger partial charge is 0.0458 e. The monoisotopic (exact) mass is 587 g/mol. The van der Waals surface area contributed by atoms with Gasteiger partial charge in [-0.05, 0) is 114 Å². The van der Waals surface area contributed by atoms with E-state index in [0.717, 1.165) is 44.9 Å². The van der Waals surface area contributed by atoms with Gasteiger partial charge in [0.2, 0.25) is 0 Å². The van der Waals surface area contributed by atoms with E-state index in [1.807, 2.05) is 0 Å². The molecule has 0 aliphatic heterocycles. The van der Waals surface area contributed by atoms with Gasteiger partial charge in [-0.15, -0.1) is 0 Å². The van der Waals surface area contributed by atoms with E-state index in [1.165, 1.54) is 56.1 Å². The molecule has 0 saturated carbocycles. The van der Waals surface area contributed by atoms with Gasteiger partial charge in [0, 0.05) is 23.0 Å². The van der Waals surface area contributed by atoms with E-state index in [2.05, 4.69) is 164 Å². The van der Waals surface area contributed by atoms with Crippen LogP contribution in [0.2, 0.25) is 0 Å². The first-order valence-corrected chi connectivity index (χ1v) is 16.8. The van der Waals surface area contributed by atoms with E-state index < -0.39 is 0 Å². The fourth-order valence-electron chi connectivity index (χ4n) is 6.57. The highest BCUT2D eigenvalue weighted by Crippen LogP contribution is 2.38. The topological polar surface area (TPSA) is 3.24 Å². The van der Waals surface area contributed by atoms with Crippen molar-refractivity contribution >= 4 is 22.5 Å². The number of para-hydroxylation sites is 1. The van der Waals surface area contributed by atoms with Crippen molar-refractivity contribution in [2.75, 3.05) is 4.90 Å². The Balaban J connectivity index is 1.18. The van der Waals surface area contributed by atoms with E-state index in [9.17, 15) is 0 Å². The average Bonchev–Trinajstić information content (AvgIpc) is 3.12. The van der Waals surface area contributed by atoms with Crippen LogP contribution in [0.15, 0.2) is 163 Å². The maximum absolute atomic E-state index is 2.44. The molecule has 0 N–H and O–H groups in total. The van der Waals surface area contributed by atoms with Crippen molar-refractivity contribution in [2.24, 2.45) is 0 Å². The minimum absolute atomic E-state index is 0.445. The van der Waals surface area contributed by atoms with Crippen LogP contribution in [0.3, 0.4) is 0 Å². The summed E-state index contributed by atoms with van der Waals surface area (Å²) in [6.07, 6.45) is 32.7. The van der Waals surface area contributed by atoms with E-state index >= 15 is 0 Å². The van der Waals surface area contributed by atoms with Crippen molar-refractivity contribution in [1.82, 2.24) is 0 Å². The van der Waals surface area contributed by atoms with Crippen molar-refractivity contribution in [3.63, 3.8) is 0 Å². The van der Waals surface area contributed by atoms with Crippen molar-refractivity contribution in [3.05, 3.63) is 179 Å². The summed E-state index contributed by atoms with van der Waals surface area (Å²) in [5.74, 6) is 0.445. The second-order valence-electron chi connectivity index (χ2n) is 12.1. The number of anilines is 2. The van der Waals surface area contributed by atoms with Crippen molar-refractivity contribution in [1.29, 1.82) is 0 Å². The molecule has 1 heteroatoms. The molecule has 3 aliphatic rings. The fourth-order valence-corrected chi connectivity index (χ4v) is 6.57. The molecular weight excluding hydrogens is 542 g/mol. The molecule has 0 saturated heterocycles. The zero-order chi connectivity index (χ0) is 30.8. The maximum atomic E-state index is 2.44. The van der Waals surface area contributed by atoms with Gasteiger partial charge in [-0.2, -0.15) is 0 Å². The van der Waals surface area contributed by atoms with E-state index in [0.29, 0.717) is 5.92 Å². The Kier molecular flexibility index (Phi) is 10.1. The number of allylic oxidation sites excluding steroid dienone is 16. The van der Waals surface area contributed by atoms with Crippen molar-refractivity contribution in [3.8, 4) is 0 Å². The van der Waals surface area contributed by atoms with Gasteiger partial charge in [-0.3, -0.25) is 0 Å². The summed E-state index contributed by atoms with van der Waals surface area (Å²) in [7, 11) is 0. The molecule has 1 atom stereocenters. The second kappa shape index (κ2) is 14.9. The molecule has 0 fully saturated rings. The lowest BCUT2D eigenvalue weighted by Crippen LogP contribution is -2.18. The molecule has 0 heterocycles. The maximum Gasteiger partial charge on any atom is 0.0458 e. The Morgan fingerprint density at radius 3 is 2.24 bits per heavy atom. The van der Waals surface area contributed by atoms with Crippen LogP contribution < -0.4 is 4.90 Å². The third-order valence-corrected chi connectivity index (χ3v) is 9.17. The van der Waals surface area contributed by atoms with E-state index in [4.69, 9.17) is 0 Å². The molecule has 0 spiro atoms. The van der Waals surface area contributed by atoms with Crippen molar-refractivity contribution < 1.29 is 0 Å². The van der Waals surface area contributed by atoms with Crippen molar-refractivity contribution in [2.45, 2.75) is 64.7 Å². The lowest BCUT2D eigenvalue weighted by molar-refractivity contribution is 0.833. The van der Waals surface area contributed by atoms with Gasteiger partial charge in [-0.1, -0.05) is 129 Å². The van der Waals surface area contributed by atoms with Gasteiger partial charge in [0.1, 0.15) is 0 Å². The quantitative estimate of drug-likeness (QED) is 0.213. The first kappa shape index (κ1) is 30.4. The minimum atomic E-state index is 0.445. The van der Waals surface area contributed by atoms with Crippen LogP contribution in [-0.4, -0.2) is 0 Å². The summed E-state index contributed by atoms with van der Waals surface area (Å²) in [6, 6.07) is 29.1. The molecule has 0 bridgehead atoms. The molecule has 3 aromatic carbocycles. The van der Waals surface area contributed by atoms with E-state index in [-0.39, 0.29) is 0 Å². The summed E-state index contributed by atoms with van der Waals surface area (Å²) in [6.45, 7) is 4.41. The zero-order valence-corrected chi connectivity index (χ0v) is 26.8. The Hall–Kier alpha value is -4.62. The molecule has 3 aliphatic carbocycles. The fraction of sp³-hybridized carbons (Fsp3) is 0.227. The summed E-state index contributed by atoms with van der Waals surface area (Å²) in [5.41, 5.74) is 13.4. The molecular formula is C44H45N. The average molecular weight is 588 g/mol. The van der Waals surface area contributed by atoms with Gasteiger partial charge in [0.15, 0.2) is 0 Å². The molecule has 3 aromatic rings. The van der Waals surface area contributed by atoms with Crippen LogP contribution in [0, 0.1) is 0 Å². The number of hydrogen-bond acceptors (Lipinski definition) is 1. The Morgan fingerprint density at radius 1 is 0.800 bits per heavy atom. The molecule has 45 heavy (non-hydrogen) atoms. The van der Waals surface area contributed by atoms with Crippen LogP contribution in [0.1, 0.15) is 81.4 Å². The summed E-state index contributed by atoms with van der Waals surface area (Å²) >= 11 is 0. The molecule has 0 amide bonds. The highest BCUT2D eigenvalue weighted by atomic mass is 15.1. The van der Waals surface area contributed by atoms with Gasteiger partial charge < -0.3 is 4.90 Å². The molecule has 226 valence electrons. The lowest BCUT2D eigenvalue weighted by atomic mass is 9.85. The third-order valence-electron chi connectivity index (χ3n) is 9.17. The lowest BCUT2D eigenvalue weighted by Gasteiger charge is -2.30. The highest BCUT2D eigenvalue weighted by molar-refractivity contribution is 5.73. The van der Waals surface area contributed by atoms with Gasteiger partial charge in [-0.25, -0.2) is 0 Å². The zero-order valence-electron chi connectivity index (χ0n) is 26.8. The standard InChI is InChI=1S/C44H45N/c1-3-5-8-13-34(4-2)36-26-30-43(31-27-36)45(42-16-11-7-12-17-42)44-32-28-41(29-33-44)40-24-22-39(23-25-40)38-20-18-37(19-21-38)35-14-9-6-10-15-35/h5-9,11-14,16-22,24-28,30-32,39H,3-4,10,15,23,29,33H2,1-2H3/b8-5-,34-13+/t39-/m0/s1. The molecule has 0 radical (unpaired) electrons. The molecule has 1 nitrogen and oxygen atoms in total. The van der Waals surface area contributed by atoms with Gasteiger partial charge >= 0.3 is 0 Å². The van der Waals surface area contributed by atoms with E-state index in [1.54, 1.807) is 0 Å². The summed E-state index contributed by atoms with van der Waals surface area (Å²) in [5, 5.41) is 0. The predicted molar refractivity (Wildman–Crippen MR) is 195 cm³/mol. The van der Waals surface area contributed by atoms with Crippen LogP contribution in [0.5, 0.6) is 0 Å². The Labute approximate surface area is 270 Å². The van der Waals surface area contributed by atoms with Gasteiger partial charge in [0.25, 0.3) is 0 Å². The first-order valence-electron chi connectivity index (χ1n) is 16.8. The largest absolute Gasteiger partial charge is 0.314 e. The molecule has 6 rings (SSSR count). The normalized spacial score (nSPS) is 18.4. The number of benzene rings is 3. The Morgan fingerprint density at radius 2 is 1.60 bits per heavy atom. The summed E-state index contributed by atoms with van der Waals surface area (Å²) in [4.78, 5) is 2.42. The second-order valence-corrected chi connectivity index (χ2v) is 12.1. The first-order chi connectivity index (χ1) is 22.2. The summed E-state index contributed by atoms with van der Waals surface area (Å²) < 4.78 is 0. The number of hydrogen-bond donors (Lipinski definition) is 0. The number of rotatable bonds is 10. The van der Waals surface area contributed by atoms with Crippen LogP contribution in [0.4, 0.5) is 11.4 Å². The van der Waals surface area contributed by atoms with Crippen LogP contribution >= 0.6 is 0 Å². The molecule has 0 aromatic heterocycles. The predicted octanol–water partition coefficient (Wildman–Crippen LogP) is 12.6. The van der Waals surface area contributed by atoms with Crippen LogP contribution in [0.25, 0.3) is 11.1 Å². The molecule has 0 unspecified atom stereocenters. The van der Waals surface area contributed by atoms with Gasteiger partial charge in [0.05, 0.1) is 0 Å². The minimum Gasteiger partial charge on any atom is -0.314 e. The van der Waals surface area contributed by atoms with Crippen LogP contribution in [-0.2, 0) is 0 Å². The Bertz CT molecular complexity index is 1700. The SMILES string of the molecule is CC/C=C\C=C(/CC)c1ccc(N(C2=CC=C(C3=CC[C@@H](c4ccc(C5=CC=CCC5)cc4)C=C3)CC2)c2ccccc2)cc1. The third kappa shape index (κ3) is 7.37. The number of nitrogens with zero attached hydrogens (tertiary/aromatic N) is 1. The highest BCUT2D eigenvalue weighted by Gasteiger charge is 2.20.